The fourth-order valence-electron chi connectivity index (χ4n) is 1.31. The summed E-state index contributed by atoms with van der Waals surface area (Å²) >= 11 is 0. The van der Waals surface area contributed by atoms with Gasteiger partial charge in [0.2, 0.25) is 0 Å². The van der Waals surface area contributed by atoms with Crippen LogP contribution in [0.5, 0.6) is 11.5 Å². The average molecular weight is 306 g/mol. The van der Waals surface area contributed by atoms with E-state index in [1.165, 1.54) is 18.2 Å². The van der Waals surface area contributed by atoms with Crippen LogP contribution in [0.25, 0.3) is 0 Å². The monoisotopic (exact) mass is 306 g/mol. The summed E-state index contributed by atoms with van der Waals surface area (Å²) < 4.78 is 50.1. The molecule has 0 unspecified atom stereocenters. The highest BCUT2D eigenvalue weighted by Gasteiger charge is 2.09. The predicted octanol–water partition coefficient (Wildman–Crippen LogP) is 2.22. The van der Waals surface area contributed by atoms with Crippen molar-refractivity contribution in [1.82, 2.24) is 0 Å². The first-order valence-electron chi connectivity index (χ1n) is 6.17. The van der Waals surface area contributed by atoms with E-state index in [0.717, 1.165) is 6.26 Å². The Bertz CT molecular complexity index is 528. The molecular weight excluding hydrogens is 287 g/mol. The molecule has 0 saturated carbocycles. The van der Waals surface area contributed by atoms with Gasteiger partial charge in [-0.2, -0.15) is 8.42 Å². The van der Waals surface area contributed by atoms with Crippen LogP contribution in [-0.2, 0) is 14.3 Å². The fourth-order valence-corrected chi connectivity index (χ4v) is 1.68. The number of hydrogen-bond donors (Lipinski definition) is 0. The van der Waals surface area contributed by atoms with Crippen molar-refractivity contribution in [2.24, 2.45) is 5.92 Å². The zero-order chi connectivity index (χ0) is 15.2. The van der Waals surface area contributed by atoms with E-state index in [2.05, 4.69) is 4.18 Å². The summed E-state index contributed by atoms with van der Waals surface area (Å²) in [5.41, 5.74) is 0. The van der Waals surface area contributed by atoms with Crippen molar-refractivity contribution < 1.29 is 26.5 Å². The van der Waals surface area contributed by atoms with Crippen LogP contribution in [0.15, 0.2) is 18.2 Å². The normalized spacial score (nSPS) is 11.7. The van der Waals surface area contributed by atoms with Crippen LogP contribution in [0, 0.1) is 11.7 Å². The van der Waals surface area contributed by atoms with Crippen molar-refractivity contribution in [1.29, 1.82) is 0 Å². The highest BCUT2D eigenvalue weighted by Crippen LogP contribution is 2.28. The van der Waals surface area contributed by atoms with E-state index in [1.54, 1.807) is 0 Å². The number of benzene rings is 1. The summed E-state index contributed by atoms with van der Waals surface area (Å²) in [5, 5.41) is 0. The van der Waals surface area contributed by atoms with Crippen LogP contribution in [-0.4, -0.2) is 34.5 Å². The van der Waals surface area contributed by atoms with Crippen molar-refractivity contribution in [3.63, 3.8) is 0 Å². The Morgan fingerprint density at radius 2 is 1.85 bits per heavy atom. The third-order valence-electron chi connectivity index (χ3n) is 2.12. The molecule has 0 aromatic heterocycles. The maximum atomic E-state index is 13.2. The largest absolute Gasteiger partial charge is 0.489 e. The Morgan fingerprint density at radius 1 is 1.15 bits per heavy atom. The van der Waals surface area contributed by atoms with Crippen LogP contribution >= 0.6 is 0 Å². The molecule has 5 nitrogen and oxygen atoms in total. The minimum Gasteiger partial charge on any atom is -0.489 e. The molecule has 0 N–H and O–H groups in total. The quantitative estimate of drug-likeness (QED) is 0.544. The summed E-state index contributed by atoms with van der Waals surface area (Å²) in [5.74, 6) is 0.504. The van der Waals surface area contributed by atoms with Crippen molar-refractivity contribution >= 4 is 10.1 Å². The molecule has 0 atom stereocenters. The van der Waals surface area contributed by atoms with Crippen molar-refractivity contribution in [2.75, 3.05) is 26.1 Å². The fraction of sp³-hybridized carbons (Fsp3) is 0.538. The highest BCUT2D eigenvalue weighted by molar-refractivity contribution is 7.85. The Labute approximate surface area is 118 Å². The van der Waals surface area contributed by atoms with Crippen LogP contribution in [0.1, 0.15) is 13.8 Å². The Morgan fingerprint density at radius 3 is 2.45 bits per heavy atom. The molecule has 0 amide bonds. The number of halogens is 1. The first-order valence-corrected chi connectivity index (χ1v) is 7.99. The van der Waals surface area contributed by atoms with Crippen molar-refractivity contribution in [2.45, 2.75) is 13.8 Å². The smallest absolute Gasteiger partial charge is 0.264 e. The van der Waals surface area contributed by atoms with Gasteiger partial charge in [0.05, 0.1) is 12.9 Å². The lowest BCUT2D eigenvalue weighted by Crippen LogP contribution is -2.12. The molecule has 0 radical (unpaired) electrons. The Balaban J connectivity index is 2.60. The maximum absolute atomic E-state index is 13.2. The van der Waals surface area contributed by atoms with Crippen LogP contribution in [0.4, 0.5) is 4.39 Å². The third kappa shape index (κ3) is 6.72. The van der Waals surface area contributed by atoms with Gasteiger partial charge < -0.3 is 9.47 Å². The van der Waals surface area contributed by atoms with Gasteiger partial charge in [0, 0.05) is 6.07 Å². The number of ether oxygens (including phenoxy) is 2. The zero-order valence-electron chi connectivity index (χ0n) is 11.8. The molecule has 0 bridgehead atoms. The first-order chi connectivity index (χ1) is 9.28. The standard InChI is InChI=1S/C13H19FO5S/c1-10(2)9-18-12-5-4-11(14)8-13(12)17-6-7-19-20(3,15)16/h4-5,8,10H,6-7,9H2,1-3H3. The summed E-state index contributed by atoms with van der Waals surface area (Å²) in [6.45, 7) is 4.30. The highest BCUT2D eigenvalue weighted by atomic mass is 32.2. The molecule has 1 rings (SSSR count). The van der Waals surface area contributed by atoms with Gasteiger partial charge in [0.15, 0.2) is 11.5 Å². The Hall–Kier alpha value is -1.34. The van der Waals surface area contributed by atoms with Crippen LogP contribution in [0.2, 0.25) is 0 Å². The van der Waals surface area contributed by atoms with Gasteiger partial charge in [-0.25, -0.2) is 4.39 Å². The summed E-state index contributed by atoms with van der Waals surface area (Å²) in [6.07, 6.45) is 0.951. The molecular formula is C13H19FO5S. The van der Waals surface area contributed by atoms with Gasteiger partial charge in [-0.1, -0.05) is 13.8 Å². The van der Waals surface area contributed by atoms with Gasteiger partial charge in [0.25, 0.3) is 10.1 Å². The summed E-state index contributed by atoms with van der Waals surface area (Å²) in [6, 6.07) is 3.94. The van der Waals surface area contributed by atoms with E-state index in [1.807, 2.05) is 13.8 Å². The summed E-state index contributed by atoms with van der Waals surface area (Å²) in [4.78, 5) is 0. The van der Waals surface area contributed by atoms with E-state index >= 15 is 0 Å². The minimum absolute atomic E-state index is 0.0193. The first kappa shape index (κ1) is 16.7. The molecule has 0 aliphatic heterocycles. The van der Waals surface area contributed by atoms with E-state index in [-0.39, 0.29) is 19.0 Å². The van der Waals surface area contributed by atoms with Crippen molar-refractivity contribution in [3.8, 4) is 11.5 Å². The van der Waals surface area contributed by atoms with Gasteiger partial charge in [0.1, 0.15) is 19.0 Å². The average Bonchev–Trinajstić information content (AvgIpc) is 2.32. The molecule has 0 saturated heterocycles. The summed E-state index contributed by atoms with van der Waals surface area (Å²) in [7, 11) is -3.50. The maximum Gasteiger partial charge on any atom is 0.264 e. The van der Waals surface area contributed by atoms with Gasteiger partial charge in [-0.15, -0.1) is 0 Å². The van der Waals surface area contributed by atoms with E-state index in [9.17, 15) is 12.8 Å². The van der Waals surface area contributed by atoms with E-state index < -0.39 is 15.9 Å². The number of hydrogen-bond acceptors (Lipinski definition) is 5. The molecule has 20 heavy (non-hydrogen) atoms. The van der Waals surface area contributed by atoms with Crippen molar-refractivity contribution in [3.05, 3.63) is 24.0 Å². The third-order valence-corrected chi connectivity index (χ3v) is 2.71. The molecule has 0 aliphatic rings. The molecule has 1 aromatic carbocycles. The van der Waals surface area contributed by atoms with Crippen LogP contribution < -0.4 is 9.47 Å². The van der Waals surface area contributed by atoms with Gasteiger partial charge in [-0.05, 0) is 18.1 Å². The van der Waals surface area contributed by atoms with E-state index in [0.29, 0.717) is 18.3 Å². The minimum atomic E-state index is -3.50. The molecule has 0 spiro atoms. The number of rotatable bonds is 8. The SMILES string of the molecule is CC(C)COc1ccc(F)cc1OCCOS(C)(=O)=O. The lowest BCUT2D eigenvalue weighted by atomic mass is 10.2. The van der Waals surface area contributed by atoms with Gasteiger partial charge >= 0.3 is 0 Å². The van der Waals surface area contributed by atoms with Crippen LogP contribution in [0.3, 0.4) is 0 Å². The Kier molecular flexibility index (Phi) is 6.22. The lowest BCUT2D eigenvalue weighted by molar-refractivity contribution is 0.205. The second-order valence-electron chi connectivity index (χ2n) is 4.67. The molecule has 114 valence electrons. The van der Waals surface area contributed by atoms with Gasteiger partial charge in [-0.3, -0.25) is 4.18 Å². The van der Waals surface area contributed by atoms with E-state index in [4.69, 9.17) is 9.47 Å². The second kappa shape index (κ2) is 7.44. The second-order valence-corrected chi connectivity index (χ2v) is 6.31. The topological polar surface area (TPSA) is 61.8 Å². The molecule has 7 heteroatoms. The predicted molar refractivity (Wildman–Crippen MR) is 73.0 cm³/mol. The molecule has 0 heterocycles. The molecule has 0 aliphatic carbocycles. The molecule has 1 aromatic rings. The lowest BCUT2D eigenvalue weighted by Gasteiger charge is -2.14. The zero-order valence-corrected chi connectivity index (χ0v) is 12.6. The molecule has 0 fully saturated rings.